The third-order valence-corrected chi connectivity index (χ3v) is 5.50. The highest BCUT2D eigenvalue weighted by molar-refractivity contribution is 9.10. The van der Waals surface area contributed by atoms with Crippen molar-refractivity contribution in [2.24, 2.45) is 0 Å². The first-order valence-electron chi connectivity index (χ1n) is 5.66. The maximum absolute atomic E-state index is 13.1. The van der Waals surface area contributed by atoms with Crippen LogP contribution < -0.4 is 5.32 Å². The van der Waals surface area contributed by atoms with E-state index in [0.29, 0.717) is 9.36 Å². The molecule has 0 amide bonds. The second-order valence-corrected chi connectivity index (χ2v) is 6.87. The minimum absolute atomic E-state index is 0.0908. The summed E-state index contributed by atoms with van der Waals surface area (Å²) < 4.78 is 14.7. The fraction of sp³-hybridized carbons (Fsp3) is 0.231. The largest absolute Gasteiger partial charge is 0.306 e. The van der Waals surface area contributed by atoms with Crippen LogP contribution in [0.25, 0.3) is 0 Å². The highest BCUT2D eigenvalue weighted by Gasteiger charge is 2.19. The van der Waals surface area contributed by atoms with Crippen LogP contribution in [0.2, 0.25) is 9.36 Å². The average molecular weight is 383 g/mol. The van der Waals surface area contributed by atoms with E-state index in [9.17, 15) is 4.39 Å². The molecule has 1 nitrogen and oxygen atoms in total. The molecule has 0 saturated heterocycles. The summed E-state index contributed by atoms with van der Waals surface area (Å²) >= 11 is 17.1. The Morgan fingerprint density at radius 2 is 2.11 bits per heavy atom. The van der Waals surface area contributed by atoms with Gasteiger partial charge in [0.15, 0.2) is 0 Å². The summed E-state index contributed by atoms with van der Waals surface area (Å²) in [4.78, 5) is 1.03. The molecular weight excluding hydrogens is 372 g/mol. The molecule has 0 bridgehead atoms. The van der Waals surface area contributed by atoms with Gasteiger partial charge in [-0.25, -0.2) is 4.39 Å². The second-order valence-electron chi connectivity index (χ2n) is 3.93. The van der Waals surface area contributed by atoms with Gasteiger partial charge in [-0.2, -0.15) is 0 Å². The van der Waals surface area contributed by atoms with E-state index in [-0.39, 0.29) is 11.9 Å². The summed E-state index contributed by atoms with van der Waals surface area (Å²) in [6, 6.07) is 6.31. The molecular formula is C13H11BrCl2FNS. The molecule has 0 radical (unpaired) electrons. The van der Waals surface area contributed by atoms with Crippen molar-refractivity contribution in [2.75, 3.05) is 6.54 Å². The molecule has 1 N–H and O–H groups in total. The summed E-state index contributed by atoms with van der Waals surface area (Å²) in [7, 11) is 0. The van der Waals surface area contributed by atoms with E-state index in [1.54, 1.807) is 6.07 Å². The maximum atomic E-state index is 13.1. The van der Waals surface area contributed by atoms with Gasteiger partial charge in [0, 0.05) is 14.4 Å². The summed E-state index contributed by atoms with van der Waals surface area (Å²) in [6.07, 6.45) is 0. The van der Waals surface area contributed by atoms with Crippen LogP contribution in [0.4, 0.5) is 4.39 Å². The Labute approximate surface area is 133 Å². The van der Waals surface area contributed by atoms with Crippen molar-refractivity contribution in [2.45, 2.75) is 13.0 Å². The van der Waals surface area contributed by atoms with Gasteiger partial charge < -0.3 is 5.32 Å². The maximum Gasteiger partial charge on any atom is 0.124 e. The standard InChI is InChI=1S/C13H11BrCl2FNS/c1-2-18-12(11-6-9(14)13(16)19-11)8-4-3-7(17)5-10(8)15/h3-6,12,18H,2H2,1H3. The second kappa shape index (κ2) is 6.55. The van der Waals surface area contributed by atoms with Gasteiger partial charge in [0.2, 0.25) is 0 Å². The van der Waals surface area contributed by atoms with E-state index < -0.39 is 0 Å². The number of hydrogen-bond acceptors (Lipinski definition) is 2. The van der Waals surface area contributed by atoms with E-state index >= 15 is 0 Å². The Kier molecular flexibility index (Phi) is 5.26. The molecule has 1 atom stereocenters. The first kappa shape index (κ1) is 15.3. The predicted octanol–water partition coefficient (Wildman–Crippen LogP) is 5.66. The summed E-state index contributed by atoms with van der Waals surface area (Å²) in [5, 5.41) is 3.75. The molecule has 1 aromatic heterocycles. The van der Waals surface area contributed by atoms with Gasteiger partial charge in [-0.1, -0.05) is 36.2 Å². The molecule has 19 heavy (non-hydrogen) atoms. The predicted molar refractivity (Wildman–Crippen MR) is 84.0 cm³/mol. The molecule has 0 aliphatic carbocycles. The average Bonchev–Trinajstić information content (AvgIpc) is 2.67. The number of benzene rings is 1. The lowest BCUT2D eigenvalue weighted by molar-refractivity contribution is 0.617. The van der Waals surface area contributed by atoms with Crippen molar-refractivity contribution in [3.05, 3.63) is 54.4 Å². The van der Waals surface area contributed by atoms with Crippen LogP contribution in [0.3, 0.4) is 0 Å². The molecule has 6 heteroatoms. The quantitative estimate of drug-likeness (QED) is 0.719. The van der Waals surface area contributed by atoms with Crippen LogP contribution in [-0.2, 0) is 0 Å². The normalized spacial score (nSPS) is 12.7. The van der Waals surface area contributed by atoms with Gasteiger partial charge >= 0.3 is 0 Å². The molecule has 1 unspecified atom stereocenters. The Bertz CT molecular complexity index is 569. The fourth-order valence-electron chi connectivity index (χ4n) is 1.81. The SMILES string of the molecule is CCNC(c1cc(Br)c(Cl)s1)c1ccc(F)cc1Cl. The number of nitrogens with one attached hydrogen (secondary N) is 1. The van der Waals surface area contributed by atoms with Crippen molar-refractivity contribution in [1.82, 2.24) is 5.32 Å². The lowest BCUT2D eigenvalue weighted by Gasteiger charge is -2.18. The third-order valence-electron chi connectivity index (χ3n) is 2.63. The first-order valence-corrected chi connectivity index (χ1v) is 8.02. The van der Waals surface area contributed by atoms with Crippen LogP contribution in [0, 0.1) is 5.82 Å². The Hall–Kier alpha value is -0.130. The van der Waals surface area contributed by atoms with E-state index in [1.807, 2.05) is 13.0 Å². The smallest absolute Gasteiger partial charge is 0.124 e. The number of halogens is 4. The summed E-state index contributed by atoms with van der Waals surface area (Å²) in [5.74, 6) is -0.339. The van der Waals surface area contributed by atoms with E-state index in [2.05, 4.69) is 21.2 Å². The van der Waals surface area contributed by atoms with Gasteiger partial charge in [0.05, 0.1) is 6.04 Å². The molecule has 0 spiro atoms. The van der Waals surface area contributed by atoms with Gasteiger partial charge in [-0.3, -0.25) is 0 Å². The molecule has 1 heterocycles. The van der Waals surface area contributed by atoms with Crippen molar-refractivity contribution in [3.8, 4) is 0 Å². The Balaban J connectivity index is 2.44. The highest BCUT2D eigenvalue weighted by Crippen LogP contribution is 2.39. The van der Waals surface area contributed by atoms with Gasteiger partial charge in [0.25, 0.3) is 0 Å². The lowest BCUT2D eigenvalue weighted by Crippen LogP contribution is -2.21. The van der Waals surface area contributed by atoms with Gasteiger partial charge in [-0.15, -0.1) is 11.3 Å². The Morgan fingerprint density at radius 1 is 1.37 bits per heavy atom. The minimum atomic E-state index is -0.339. The minimum Gasteiger partial charge on any atom is -0.306 e. The third kappa shape index (κ3) is 3.50. The highest BCUT2D eigenvalue weighted by atomic mass is 79.9. The van der Waals surface area contributed by atoms with Crippen molar-refractivity contribution < 1.29 is 4.39 Å². The van der Waals surface area contributed by atoms with E-state index in [0.717, 1.165) is 21.5 Å². The molecule has 2 rings (SSSR count). The van der Waals surface area contributed by atoms with Crippen LogP contribution in [0.1, 0.15) is 23.4 Å². The lowest BCUT2D eigenvalue weighted by atomic mass is 10.1. The fourth-order valence-corrected chi connectivity index (χ4v) is 3.92. The molecule has 0 aliphatic rings. The Morgan fingerprint density at radius 3 is 2.63 bits per heavy atom. The molecule has 0 fully saturated rings. The number of thiophene rings is 1. The van der Waals surface area contributed by atoms with Crippen LogP contribution in [0.15, 0.2) is 28.7 Å². The van der Waals surface area contributed by atoms with Crippen LogP contribution in [0.5, 0.6) is 0 Å². The summed E-state index contributed by atoms with van der Waals surface area (Å²) in [6.45, 7) is 2.78. The molecule has 0 aliphatic heterocycles. The van der Waals surface area contributed by atoms with Crippen LogP contribution >= 0.6 is 50.5 Å². The zero-order chi connectivity index (χ0) is 14.0. The van der Waals surface area contributed by atoms with E-state index in [4.69, 9.17) is 23.2 Å². The topological polar surface area (TPSA) is 12.0 Å². The zero-order valence-electron chi connectivity index (χ0n) is 10.0. The molecule has 2 aromatic rings. The van der Waals surface area contributed by atoms with Crippen molar-refractivity contribution in [3.63, 3.8) is 0 Å². The number of hydrogen-bond donors (Lipinski definition) is 1. The molecule has 1 aromatic carbocycles. The van der Waals surface area contributed by atoms with Crippen molar-refractivity contribution >= 4 is 50.5 Å². The summed E-state index contributed by atoms with van der Waals surface area (Å²) in [5.41, 5.74) is 0.843. The van der Waals surface area contributed by atoms with Crippen molar-refractivity contribution in [1.29, 1.82) is 0 Å². The monoisotopic (exact) mass is 381 g/mol. The molecule has 0 saturated carbocycles. The molecule has 102 valence electrons. The first-order chi connectivity index (χ1) is 9.02. The van der Waals surface area contributed by atoms with Gasteiger partial charge in [0.1, 0.15) is 10.2 Å². The van der Waals surface area contributed by atoms with Gasteiger partial charge in [-0.05, 0) is 46.2 Å². The zero-order valence-corrected chi connectivity index (χ0v) is 13.9. The van der Waals surface area contributed by atoms with E-state index in [1.165, 1.54) is 23.5 Å². The van der Waals surface area contributed by atoms with Crippen LogP contribution in [-0.4, -0.2) is 6.54 Å². The number of rotatable bonds is 4.